The lowest BCUT2D eigenvalue weighted by atomic mass is 9.84. The average molecular weight is 284 g/mol. The molecule has 120 valence electrons. The smallest absolute Gasteiger partial charge is 0.0718 e. The van der Waals surface area contributed by atoms with Crippen LogP contribution in [0.1, 0.15) is 60.8 Å². The van der Waals surface area contributed by atoms with Crippen molar-refractivity contribution >= 4 is 0 Å². The number of likely N-dealkylation sites (N-methyl/N-ethyl adjacent to an activating group) is 1. The van der Waals surface area contributed by atoms with E-state index < -0.39 is 5.60 Å². The van der Waals surface area contributed by atoms with Crippen molar-refractivity contribution in [2.24, 2.45) is 11.3 Å². The topological polar surface area (TPSA) is 35.5 Å². The molecule has 0 saturated heterocycles. The maximum atomic E-state index is 10.0. The summed E-state index contributed by atoms with van der Waals surface area (Å²) in [7, 11) is 0. The lowest BCUT2D eigenvalue weighted by Crippen LogP contribution is -2.48. The van der Waals surface area contributed by atoms with Gasteiger partial charge in [-0.1, -0.05) is 27.7 Å². The van der Waals surface area contributed by atoms with Crippen LogP contribution in [0.15, 0.2) is 0 Å². The quantitative estimate of drug-likeness (QED) is 0.719. The molecule has 0 radical (unpaired) electrons. The molecule has 1 aliphatic rings. The Kier molecular flexibility index (Phi) is 6.49. The third kappa shape index (κ3) is 5.34. The lowest BCUT2D eigenvalue weighted by molar-refractivity contribution is 0.0306. The Morgan fingerprint density at radius 3 is 2.45 bits per heavy atom. The molecule has 0 aromatic rings. The van der Waals surface area contributed by atoms with Crippen LogP contribution in [-0.2, 0) is 0 Å². The first kappa shape index (κ1) is 17.9. The fraction of sp³-hybridized carbons (Fsp3) is 1.00. The average Bonchev–Trinajstić information content (AvgIpc) is 2.59. The molecule has 0 aliphatic heterocycles. The van der Waals surface area contributed by atoms with Crippen molar-refractivity contribution in [2.75, 3.05) is 26.2 Å². The van der Waals surface area contributed by atoms with Gasteiger partial charge in [-0.2, -0.15) is 0 Å². The van der Waals surface area contributed by atoms with E-state index in [9.17, 15) is 5.11 Å². The normalized spacial score (nSPS) is 26.4. The molecule has 1 aliphatic carbocycles. The van der Waals surface area contributed by atoms with E-state index in [0.717, 1.165) is 26.2 Å². The zero-order valence-corrected chi connectivity index (χ0v) is 14.5. The monoisotopic (exact) mass is 284 g/mol. The Bertz CT molecular complexity index is 283. The van der Waals surface area contributed by atoms with Gasteiger partial charge in [-0.05, 0) is 57.5 Å². The van der Waals surface area contributed by atoms with Crippen molar-refractivity contribution in [1.29, 1.82) is 0 Å². The Balaban J connectivity index is 2.63. The highest BCUT2D eigenvalue weighted by atomic mass is 16.3. The minimum Gasteiger partial charge on any atom is -0.389 e. The van der Waals surface area contributed by atoms with Gasteiger partial charge < -0.3 is 15.3 Å². The van der Waals surface area contributed by atoms with Gasteiger partial charge in [0.1, 0.15) is 0 Å². The molecular weight excluding hydrogens is 248 g/mol. The maximum Gasteiger partial charge on any atom is 0.0718 e. The summed E-state index contributed by atoms with van der Waals surface area (Å²) in [6.07, 6.45) is 3.80. The van der Waals surface area contributed by atoms with Crippen LogP contribution in [0.2, 0.25) is 0 Å². The molecule has 1 rings (SSSR count). The highest BCUT2D eigenvalue weighted by Crippen LogP contribution is 2.41. The molecule has 2 atom stereocenters. The van der Waals surface area contributed by atoms with E-state index in [0.29, 0.717) is 17.4 Å². The molecule has 0 aromatic carbocycles. The number of nitrogens with zero attached hydrogens (tertiary/aromatic N) is 1. The fourth-order valence-electron chi connectivity index (χ4n) is 3.64. The van der Waals surface area contributed by atoms with Crippen LogP contribution in [0, 0.1) is 11.3 Å². The van der Waals surface area contributed by atoms with E-state index in [1.165, 1.54) is 19.3 Å². The molecule has 0 amide bonds. The predicted octanol–water partition coefficient (Wildman–Crippen LogP) is 2.88. The minimum atomic E-state index is -0.601. The number of rotatable bonds is 8. The van der Waals surface area contributed by atoms with E-state index in [1.807, 2.05) is 13.8 Å². The van der Waals surface area contributed by atoms with Gasteiger partial charge in [-0.3, -0.25) is 0 Å². The van der Waals surface area contributed by atoms with Gasteiger partial charge in [0, 0.05) is 19.1 Å². The molecular formula is C17H36N2O. The Hall–Kier alpha value is -0.120. The highest BCUT2D eigenvalue weighted by molar-refractivity contribution is 4.97. The first-order valence-corrected chi connectivity index (χ1v) is 8.37. The number of nitrogens with one attached hydrogen (secondary N) is 1. The molecule has 0 spiro atoms. The summed E-state index contributed by atoms with van der Waals surface area (Å²) in [6, 6.07) is 0.610. The summed E-state index contributed by atoms with van der Waals surface area (Å²) in [5.74, 6) is 0.707. The number of hydrogen-bond acceptors (Lipinski definition) is 3. The molecule has 20 heavy (non-hydrogen) atoms. The van der Waals surface area contributed by atoms with Crippen molar-refractivity contribution in [3.8, 4) is 0 Å². The molecule has 3 heteroatoms. The van der Waals surface area contributed by atoms with E-state index in [4.69, 9.17) is 0 Å². The highest BCUT2D eigenvalue weighted by Gasteiger charge is 2.41. The van der Waals surface area contributed by atoms with Gasteiger partial charge in [0.05, 0.1) is 5.60 Å². The Morgan fingerprint density at radius 2 is 1.95 bits per heavy atom. The van der Waals surface area contributed by atoms with Gasteiger partial charge in [0.15, 0.2) is 0 Å². The lowest BCUT2D eigenvalue weighted by Gasteiger charge is -2.35. The Labute approximate surface area is 126 Å². The van der Waals surface area contributed by atoms with Crippen molar-refractivity contribution in [3.63, 3.8) is 0 Å². The summed E-state index contributed by atoms with van der Waals surface area (Å²) in [6.45, 7) is 17.0. The van der Waals surface area contributed by atoms with Crippen LogP contribution in [-0.4, -0.2) is 47.8 Å². The zero-order chi connectivity index (χ0) is 15.4. The van der Waals surface area contributed by atoms with Crippen LogP contribution < -0.4 is 5.32 Å². The summed E-state index contributed by atoms with van der Waals surface area (Å²) in [5, 5.41) is 13.8. The van der Waals surface area contributed by atoms with Crippen molar-refractivity contribution in [1.82, 2.24) is 10.2 Å². The number of hydrogen-bond donors (Lipinski definition) is 2. The van der Waals surface area contributed by atoms with Crippen molar-refractivity contribution in [2.45, 2.75) is 72.4 Å². The van der Waals surface area contributed by atoms with Crippen LogP contribution >= 0.6 is 0 Å². The summed E-state index contributed by atoms with van der Waals surface area (Å²) in [4.78, 5) is 2.41. The molecule has 1 fully saturated rings. The van der Waals surface area contributed by atoms with E-state index in [1.54, 1.807) is 0 Å². The molecule has 0 heterocycles. The first-order valence-electron chi connectivity index (χ1n) is 8.37. The maximum absolute atomic E-state index is 10.0. The van der Waals surface area contributed by atoms with Gasteiger partial charge in [0.25, 0.3) is 0 Å². The largest absolute Gasteiger partial charge is 0.389 e. The van der Waals surface area contributed by atoms with Gasteiger partial charge in [-0.15, -0.1) is 0 Å². The molecule has 1 saturated carbocycles. The minimum absolute atomic E-state index is 0.397. The van der Waals surface area contributed by atoms with Gasteiger partial charge in [0.2, 0.25) is 0 Å². The zero-order valence-electron chi connectivity index (χ0n) is 14.5. The SMILES string of the molecule is CCCNC1C(CN(CC)CC(C)(C)O)CCC1(C)C. The van der Waals surface area contributed by atoms with Crippen molar-refractivity contribution < 1.29 is 5.11 Å². The van der Waals surface area contributed by atoms with Gasteiger partial charge >= 0.3 is 0 Å². The summed E-state index contributed by atoms with van der Waals surface area (Å²) >= 11 is 0. The standard InChI is InChI=1S/C17H36N2O/c1-7-11-18-15-14(9-10-16(15,3)4)12-19(8-2)13-17(5,6)20/h14-15,18,20H,7-13H2,1-6H3. The third-order valence-corrected chi connectivity index (χ3v) is 4.64. The Morgan fingerprint density at radius 1 is 1.30 bits per heavy atom. The summed E-state index contributed by atoms with van der Waals surface area (Å²) < 4.78 is 0. The second kappa shape index (κ2) is 7.24. The van der Waals surface area contributed by atoms with E-state index >= 15 is 0 Å². The first-order chi connectivity index (χ1) is 9.19. The van der Waals surface area contributed by atoms with Crippen LogP contribution in [0.4, 0.5) is 0 Å². The molecule has 2 unspecified atom stereocenters. The van der Waals surface area contributed by atoms with E-state index in [2.05, 4.69) is 37.9 Å². The molecule has 3 nitrogen and oxygen atoms in total. The second-order valence-corrected chi connectivity index (χ2v) is 7.86. The van der Waals surface area contributed by atoms with E-state index in [-0.39, 0.29) is 0 Å². The van der Waals surface area contributed by atoms with Crippen molar-refractivity contribution in [3.05, 3.63) is 0 Å². The van der Waals surface area contributed by atoms with Crippen LogP contribution in [0.3, 0.4) is 0 Å². The second-order valence-electron chi connectivity index (χ2n) is 7.86. The van der Waals surface area contributed by atoms with Gasteiger partial charge in [-0.25, -0.2) is 0 Å². The molecule has 2 N–H and O–H groups in total. The number of aliphatic hydroxyl groups is 1. The molecule has 0 aromatic heterocycles. The molecule has 0 bridgehead atoms. The fourth-order valence-corrected chi connectivity index (χ4v) is 3.64. The van der Waals surface area contributed by atoms with Crippen LogP contribution in [0.25, 0.3) is 0 Å². The summed E-state index contributed by atoms with van der Waals surface area (Å²) in [5.41, 5.74) is -0.204. The third-order valence-electron chi connectivity index (χ3n) is 4.64. The predicted molar refractivity (Wildman–Crippen MR) is 87.0 cm³/mol. The van der Waals surface area contributed by atoms with Crippen LogP contribution in [0.5, 0.6) is 0 Å².